The molecule has 1 saturated heterocycles. The minimum Gasteiger partial charge on any atom is -0.452 e. The Morgan fingerprint density at radius 3 is 2.40 bits per heavy atom. The number of carbonyl (C=O) groups excluding carboxylic acids is 2. The highest BCUT2D eigenvalue weighted by Gasteiger charge is 2.31. The number of halogens is 3. The van der Waals surface area contributed by atoms with Crippen LogP contribution >= 0.6 is 0 Å². The van der Waals surface area contributed by atoms with Crippen LogP contribution in [0.2, 0.25) is 0 Å². The molecule has 30 heavy (non-hydrogen) atoms. The molecule has 0 unspecified atom stereocenters. The van der Waals surface area contributed by atoms with Crippen molar-refractivity contribution < 1.29 is 27.5 Å². The first-order chi connectivity index (χ1) is 14.3. The number of rotatable bonds is 4. The van der Waals surface area contributed by atoms with Gasteiger partial charge >= 0.3 is 12.1 Å². The molecule has 1 heterocycles. The van der Waals surface area contributed by atoms with E-state index in [1.807, 2.05) is 6.07 Å². The predicted molar refractivity (Wildman–Crippen MR) is 102 cm³/mol. The van der Waals surface area contributed by atoms with E-state index < -0.39 is 24.3 Å². The number of benzene rings is 2. The molecule has 0 aliphatic carbocycles. The lowest BCUT2D eigenvalue weighted by Gasteiger charge is -2.36. The first-order valence-electron chi connectivity index (χ1n) is 9.15. The molecule has 2 aromatic carbocycles. The Balaban J connectivity index is 1.52. The summed E-state index contributed by atoms with van der Waals surface area (Å²) < 4.78 is 43.7. The zero-order valence-electron chi connectivity index (χ0n) is 15.9. The van der Waals surface area contributed by atoms with E-state index in [2.05, 4.69) is 0 Å². The van der Waals surface area contributed by atoms with Gasteiger partial charge < -0.3 is 14.5 Å². The number of nitriles is 1. The van der Waals surface area contributed by atoms with Crippen molar-refractivity contribution in [3.63, 3.8) is 0 Å². The average molecular weight is 417 g/mol. The van der Waals surface area contributed by atoms with Crippen LogP contribution in [0.4, 0.5) is 18.9 Å². The smallest absolute Gasteiger partial charge is 0.416 e. The van der Waals surface area contributed by atoms with Gasteiger partial charge in [0.15, 0.2) is 6.61 Å². The average Bonchev–Trinajstić information content (AvgIpc) is 2.77. The first kappa shape index (κ1) is 21.2. The SMILES string of the molecule is N#Cc1cccc(C(=O)OCC(=O)N2CCN(c3cccc(C(F)(F)F)c3)CC2)c1. The molecule has 1 aliphatic heterocycles. The van der Waals surface area contributed by atoms with E-state index in [0.717, 1.165) is 12.1 Å². The summed E-state index contributed by atoms with van der Waals surface area (Å²) in [5.41, 5.74) is 0.212. The van der Waals surface area contributed by atoms with E-state index >= 15 is 0 Å². The molecule has 2 aromatic rings. The summed E-state index contributed by atoms with van der Waals surface area (Å²) in [7, 11) is 0. The first-order valence-corrected chi connectivity index (χ1v) is 9.15. The number of alkyl halides is 3. The molecule has 0 saturated carbocycles. The summed E-state index contributed by atoms with van der Waals surface area (Å²) in [6.45, 7) is 0.892. The van der Waals surface area contributed by atoms with E-state index in [4.69, 9.17) is 10.00 Å². The standard InChI is InChI=1S/C21H18F3N3O3/c22-21(23,24)17-5-2-6-18(12-17)26-7-9-27(10-8-26)19(28)14-30-20(29)16-4-1-3-15(11-16)13-25/h1-6,11-12H,7-10,14H2. The van der Waals surface area contributed by atoms with Crippen molar-refractivity contribution in [3.05, 3.63) is 65.2 Å². The Kier molecular flexibility index (Phi) is 6.26. The van der Waals surface area contributed by atoms with E-state index in [-0.39, 0.29) is 11.5 Å². The summed E-state index contributed by atoms with van der Waals surface area (Å²) in [6, 6.07) is 12.9. The van der Waals surface area contributed by atoms with Crippen LogP contribution < -0.4 is 4.90 Å². The highest BCUT2D eigenvalue weighted by Crippen LogP contribution is 2.31. The van der Waals surface area contributed by atoms with Crippen LogP contribution in [-0.4, -0.2) is 49.6 Å². The molecule has 1 aliphatic rings. The fourth-order valence-electron chi connectivity index (χ4n) is 3.11. The molecule has 0 spiro atoms. The van der Waals surface area contributed by atoms with E-state index in [9.17, 15) is 22.8 Å². The Bertz CT molecular complexity index is 977. The van der Waals surface area contributed by atoms with Crippen molar-refractivity contribution in [1.29, 1.82) is 5.26 Å². The van der Waals surface area contributed by atoms with Gasteiger partial charge in [-0.05, 0) is 36.4 Å². The number of anilines is 1. The van der Waals surface area contributed by atoms with E-state index in [1.54, 1.807) is 23.1 Å². The van der Waals surface area contributed by atoms with Crippen LogP contribution in [-0.2, 0) is 15.7 Å². The summed E-state index contributed by atoms with van der Waals surface area (Å²) in [5.74, 6) is -1.09. The number of carbonyl (C=O) groups is 2. The lowest BCUT2D eigenvalue weighted by molar-refractivity contribution is -0.137. The summed E-state index contributed by atoms with van der Waals surface area (Å²) in [6.07, 6.45) is -4.41. The number of esters is 1. The van der Waals surface area contributed by atoms with Crippen LogP contribution in [0.25, 0.3) is 0 Å². The number of hydrogen-bond donors (Lipinski definition) is 0. The highest BCUT2D eigenvalue weighted by molar-refractivity contribution is 5.91. The Labute approximate surface area is 171 Å². The van der Waals surface area contributed by atoms with Gasteiger partial charge in [0.25, 0.3) is 5.91 Å². The third-order valence-electron chi connectivity index (χ3n) is 4.73. The van der Waals surface area contributed by atoms with Crippen molar-refractivity contribution in [1.82, 2.24) is 4.90 Å². The molecule has 1 fully saturated rings. The minimum absolute atomic E-state index is 0.177. The second-order valence-corrected chi connectivity index (χ2v) is 6.68. The van der Waals surface area contributed by atoms with Crippen molar-refractivity contribution in [3.8, 4) is 6.07 Å². The molecule has 0 bridgehead atoms. The molecule has 1 amide bonds. The van der Waals surface area contributed by atoms with Gasteiger partial charge in [-0.15, -0.1) is 0 Å². The largest absolute Gasteiger partial charge is 0.452 e. The molecule has 0 atom stereocenters. The minimum atomic E-state index is -4.41. The fourth-order valence-corrected chi connectivity index (χ4v) is 3.11. The van der Waals surface area contributed by atoms with Gasteiger partial charge in [-0.3, -0.25) is 4.79 Å². The van der Waals surface area contributed by atoms with Gasteiger partial charge in [-0.25, -0.2) is 4.79 Å². The van der Waals surface area contributed by atoms with Gasteiger partial charge in [-0.2, -0.15) is 18.4 Å². The number of amides is 1. The maximum atomic E-state index is 12.9. The van der Waals surface area contributed by atoms with Crippen LogP contribution in [0, 0.1) is 11.3 Å². The Morgan fingerprint density at radius 1 is 1.03 bits per heavy atom. The summed E-state index contributed by atoms with van der Waals surface area (Å²) in [4.78, 5) is 27.6. The molecule has 156 valence electrons. The maximum absolute atomic E-state index is 12.9. The molecule has 0 N–H and O–H groups in total. The third kappa shape index (κ3) is 5.08. The topological polar surface area (TPSA) is 73.6 Å². The molecule has 6 nitrogen and oxygen atoms in total. The Hall–Kier alpha value is -3.54. The van der Waals surface area contributed by atoms with Gasteiger partial charge in [-0.1, -0.05) is 12.1 Å². The molecule has 9 heteroatoms. The normalized spacial score (nSPS) is 14.2. The van der Waals surface area contributed by atoms with Crippen LogP contribution in [0.3, 0.4) is 0 Å². The zero-order chi connectivity index (χ0) is 21.7. The summed E-state index contributed by atoms with van der Waals surface area (Å²) in [5, 5.41) is 8.87. The number of ether oxygens (including phenoxy) is 1. The van der Waals surface area contributed by atoms with Gasteiger partial charge in [0.1, 0.15) is 0 Å². The van der Waals surface area contributed by atoms with Crippen molar-refractivity contribution in [2.45, 2.75) is 6.18 Å². The molecule has 3 rings (SSSR count). The molecular weight excluding hydrogens is 399 g/mol. The lowest BCUT2D eigenvalue weighted by Crippen LogP contribution is -2.50. The zero-order valence-corrected chi connectivity index (χ0v) is 15.9. The fraction of sp³-hybridized carbons (Fsp3) is 0.286. The molecule has 0 aromatic heterocycles. The number of nitrogens with zero attached hydrogens (tertiary/aromatic N) is 3. The number of hydrogen-bond acceptors (Lipinski definition) is 5. The van der Waals surface area contributed by atoms with E-state index in [0.29, 0.717) is 37.4 Å². The predicted octanol–water partition coefficient (Wildman–Crippen LogP) is 3.08. The third-order valence-corrected chi connectivity index (χ3v) is 4.73. The second-order valence-electron chi connectivity index (χ2n) is 6.68. The van der Waals surface area contributed by atoms with Crippen LogP contribution in [0.15, 0.2) is 48.5 Å². The van der Waals surface area contributed by atoms with E-state index in [1.165, 1.54) is 23.1 Å². The van der Waals surface area contributed by atoms with Crippen molar-refractivity contribution in [2.24, 2.45) is 0 Å². The lowest BCUT2D eigenvalue weighted by atomic mass is 10.1. The monoisotopic (exact) mass is 417 g/mol. The van der Waals surface area contributed by atoms with Gasteiger partial charge in [0.2, 0.25) is 0 Å². The number of piperazine rings is 1. The van der Waals surface area contributed by atoms with Crippen LogP contribution in [0.1, 0.15) is 21.5 Å². The quantitative estimate of drug-likeness (QED) is 0.715. The van der Waals surface area contributed by atoms with Gasteiger partial charge in [0, 0.05) is 31.9 Å². The van der Waals surface area contributed by atoms with Crippen LogP contribution in [0.5, 0.6) is 0 Å². The summed E-state index contributed by atoms with van der Waals surface area (Å²) >= 11 is 0. The molecule has 0 radical (unpaired) electrons. The Morgan fingerprint density at radius 2 is 1.73 bits per heavy atom. The van der Waals surface area contributed by atoms with Crippen molar-refractivity contribution in [2.75, 3.05) is 37.7 Å². The van der Waals surface area contributed by atoms with Crippen molar-refractivity contribution >= 4 is 17.6 Å². The maximum Gasteiger partial charge on any atom is 0.416 e. The highest BCUT2D eigenvalue weighted by atomic mass is 19.4. The molecular formula is C21H18F3N3O3. The second kappa shape index (κ2) is 8.86. The van der Waals surface area contributed by atoms with Gasteiger partial charge in [0.05, 0.1) is 22.8 Å².